The molecule has 0 fully saturated rings. The molecule has 0 saturated carbocycles. The van der Waals surface area contributed by atoms with Crippen molar-refractivity contribution in [2.24, 2.45) is 0 Å². The van der Waals surface area contributed by atoms with Gasteiger partial charge < -0.3 is 0 Å². The first-order chi connectivity index (χ1) is 3.72. The Labute approximate surface area is 67.5 Å². The van der Waals surface area contributed by atoms with Gasteiger partial charge in [0.05, 0.1) is 0 Å². The molecule has 0 aliphatic rings. The Kier molecular flexibility index (Phi) is 5.22. The normalized spacial score (nSPS) is 8.88. The molecular weight excluding hydrogens is 256 g/mol. The maximum absolute atomic E-state index is 10.4. The first kappa shape index (κ1) is 8.86. The number of rotatable bonds is 2. The predicted octanol–water partition coefficient (Wildman–Crippen LogP) is 0.673. The van der Waals surface area contributed by atoms with Crippen molar-refractivity contribution in [1.29, 1.82) is 0 Å². The number of thiol groups is 1. The van der Waals surface area contributed by atoms with Crippen LogP contribution < -0.4 is 0 Å². The molecule has 0 aliphatic heterocycles. The van der Waals surface area contributed by atoms with Crippen LogP contribution in [0.4, 0.5) is 4.79 Å². The summed E-state index contributed by atoms with van der Waals surface area (Å²) in [5, 5.41) is -0.0880. The third-order valence-electron chi connectivity index (χ3n) is 0.488. The van der Waals surface area contributed by atoms with Crippen molar-refractivity contribution in [2.45, 2.75) is 11.6 Å². The summed E-state index contributed by atoms with van der Waals surface area (Å²) in [6, 6.07) is 0. The second-order valence-electron chi connectivity index (χ2n) is 0.905. The molecule has 0 rings (SSSR count). The van der Waals surface area contributed by atoms with Crippen LogP contribution in [0.5, 0.6) is 0 Å². The van der Waals surface area contributed by atoms with E-state index in [0.717, 1.165) is 0 Å². The minimum atomic E-state index is -0.0880. The van der Waals surface area contributed by atoms with E-state index in [1.54, 1.807) is 2.93 Å². The van der Waals surface area contributed by atoms with Crippen molar-refractivity contribution in [3.8, 4) is 0 Å². The molecule has 0 N–H and O–H groups in total. The molecule has 1 amide bonds. The Balaban J connectivity index is 3.52. The van der Waals surface area contributed by atoms with Crippen LogP contribution >= 0.6 is 12.6 Å². The van der Waals surface area contributed by atoms with Gasteiger partial charge in [-0.15, -0.1) is 0 Å². The van der Waals surface area contributed by atoms with Crippen molar-refractivity contribution < 1.29 is 4.79 Å². The van der Waals surface area contributed by atoms with Crippen molar-refractivity contribution in [2.75, 3.05) is 0 Å². The van der Waals surface area contributed by atoms with Gasteiger partial charge in [-0.05, 0) is 0 Å². The zero-order valence-electron chi connectivity index (χ0n) is 4.62. The molecule has 0 bridgehead atoms. The van der Waals surface area contributed by atoms with Gasteiger partial charge in [0.25, 0.3) is 0 Å². The molecule has 0 unspecified atom stereocenters. The van der Waals surface area contributed by atoms with Gasteiger partial charge in [0.1, 0.15) is 0 Å². The van der Waals surface area contributed by atoms with Gasteiger partial charge >= 0.3 is 67.6 Å². The molecule has 5 heteroatoms. The number of carbonyl (C=O) groups is 1. The van der Waals surface area contributed by atoms with Gasteiger partial charge in [-0.3, -0.25) is 0 Å². The summed E-state index contributed by atoms with van der Waals surface area (Å²) in [4.78, 5) is 10.4. The Morgan fingerprint density at radius 1 is 1.50 bits per heavy atom. The SMILES string of the molecule is C[Se]N([Se]C)C(=O)S. The van der Waals surface area contributed by atoms with E-state index in [2.05, 4.69) is 12.6 Å². The van der Waals surface area contributed by atoms with Crippen LogP contribution in [0.3, 0.4) is 0 Å². The summed E-state index contributed by atoms with van der Waals surface area (Å²) in [6.07, 6.45) is 0. The fourth-order valence-corrected chi connectivity index (χ4v) is 3.67. The van der Waals surface area contributed by atoms with Gasteiger partial charge in [0.2, 0.25) is 0 Å². The number of hydrogen-bond donors (Lipinski definition) is 1. The molecule has 48 valence electrons. The Morgan fingerprint density at radius 2 is 1.88 bits per heavy atom. The first-order valence-corrected chi connectivity index (χ1v) is 7.24. The summed E-state index contributed by atoms with van der Waals surface area (Å²) in [5.74, 6) is 4.01. The Morgan fingerprint density at radius 3 is 1.88 bits per heavy atom. The molecule has 0 atom stereocenters. The van der Waals surface area contributed by atoms with Crippen molar-refractivity contribution >= 4 is 48.2 Å². The van der Waals surface area contributed by atoms with E-state index in [0.29, 0.717) is 30.3 Å². The first-order valence-electron chi connectivity index (χ1n) is 1.83. The van der Waals surface area contributed by atoms with E-state index in [4.69, 9.17) is 0 Å². The zero-order chi connectivity index (χ0) is 6.57. The Bertz CT molecular complexity index is 85.4. The summed E-state index contributed by atoms with van der Waals surface area (Å²) >= 11 is 4.27. The van der Waals surface area contributed by atoms with Crippen LogP contribution in [0.1, 0.15) is 0 Å². The van der Waals surface area contributed by atoms with Gasteiger partial charge in [-0.1, -0.05) is 0 Å². The molecule has 0 aromatic heterocycles. The summed E-state index contributed by atoms with van der Waals surface area (Å²) in [5.41, 5.74) is 0. The quantitative estimate of drug-likeness (QED) is 0.573. The second-order valence-corrected chi connectivity index (χ2v) is 5.52. The molecule has 0 radical (unpaired) electrons. The van der Waals surface area contributed by atoms with Crippen LogP contribution in [0.25, 0.3) is 0 Å². The number of hydrogen-bond acceptors (Lipinski definition) is 1. The van der Waals surface area contributed by atoms with Gasteiger partial charge in [0.15, 0.2) is 0 Å². The van der Waals surface area contributed by atoms with Crippen LogP contribution in [0.2, 0.25) is 11.6 Å². The molecule has 0 saturated heterocycles. The molecule has 0 aromatic rings. The maximum atomic E-state index is 10.4. The molecule has 2 nitrogen and oxygen atoms in total. The monoisotopic (exact) mass is 265 g/mol. The molecule has 0 spiro atoms. The van der Waals surface area contributed by atoms with Crippen molar-refractivity contribution in [3.63, 3.8) is 0 Å². The van der Waals surface area contributed by atoms with E-state index >= 15 is 0 Å². The van der Waals surface area contributed by atoms with Gasteiger partial charge in [0, 0.05) is 0 Å². The third-order valence-corrected chi connectivity index (χ3v) is 6.63. The molecule has 8 heavy (non-hydrogen) atoms. The molecule has 0 aliphatic carbocycles. The predicted molar refractivity (Wildman–Crippen MR) is 39.5 cm³/mol. The van der Waals surface area contributed by atoms with Crippen molar-refractivity contribution in [1.82, 2.24) is 2.93 Å². The molecule has 0 aromatic carbocycles. The summed E-state index contributed by atoms with van der Waals surface area (Å²) < 4.78 is 1.77. The average Bonchev–Trinajstić information content (AvgIpc) is 1.69. The van der Waals surface area contributed by atoms with E-state index in [1.807, 2.05) is 11.6 Å². The zero-order valence-corrected chi connectivity index (χ0v) is 8.94. The van der Waals surface area contributed by atoms with Crippen LogP contribution in [-0.4, -0.2) is 38.5 Å². The fourth-order valence-electron chi connectivity index (χ4n) is 0.231. The van der Waals surface area contributed by atoms with Gasteiger partial charge in [-0.25, -0.2) is 0 Å². The number of amides is 1. The van der Waals surface area contributed by atoms with E-state index in [1.165, 1.54) is 0 Å². The number of nitrogens with zero attached hydrogens (tertiary/aromatic N) is 1. The summed E-state index contributed by atoms with van der Waals surface area (Å²) in [7, 11) is 0. The van der Waals surface area contributed by atoms with E-state index < -0.39 is 0 Å². The van der Waals surface area contributed by atoms with Crippen LogP contribution in [-0.2, 0) is 0 Å². The second kappa shape index (κ2) is 4.71. The Hall–Kier alpha value is 0.859. The number of carbonyl (C=O) groups excluding carboxylic acids is 1. The van der Waals surface area contributed by atoms with Crippen molar-refractivity contribution in [3.05, 3.63) is 0 Å². The minimum absolute atomic E-state index is 0.0880. The summed E-state index contributed by atoms with van der Waals surface area (Å²) in [6.45, 7) is 0. The van der Waals surface area contributed by atoms with E-state index in [-0.39, 0.29) is 5.24 Å². The topological polar surface area (TPSA) is 20.3 Å². The van der Waals surface area contributed by atoms with E-state index in [9.17, 15) is 4.79 Å². The standard InChI is InChI=1S/C3H7NOSSe2/c1-7-4(8-2)3(5)6/h1-2H3,(H,5,6). The molecular formula is C3H7NOSSe2. The average molecular weight is 263 g/mol. The van der Waals surface area contributed by atoms with Crippen LogP contribution in [0, 0.1) is 0 Å². The van der Waals surface area contributed by atoms with Crippen LogP contribution in [0.15, 0.2) is 0 Å². The van der Waals surface area contributed by atoms with Gasteiger partial charge in [-0.2, -0.15) is 0 Å². The third kappa shape index (κ3) is 3.00. The molecule has 0 heterocycles. The fraction of sp³-hybridized carbons (Fsp3) is 0.667.